The summed E-state index contributed by atoms with van der Waals surface area (Å²) in [4.78, 5) is 14.9. The largest absolute Gasteiger partial charge is 0.383 e. The molecule has 126 valence electrons. The van der Waals surface area contributed by atoms with Crippen LogP contribution in [-0.4, -0.2) is 45.0 Å². The van der Waals surface area contributed by atoms with Gasteiger partial charge in [-0.3, -0.25) is 4.79 Å². The summed E-state index contributed by atoms with van der Waals surface area (Å²) >= 11 is 0. The molecule has 25 heavy (non-hydrogen) atoms. The highest BCUT2D eigenvalue weighted by atomic mass is 16.1. The lowest BCUT2D eigenvalue weighted by atomic mass is 10.0. The summed E-state index contributed by atoms with van der Waals surface area (Å²) in [6, 6.07) is 17.0. The number of aromatic nitrogens is 4. The Kier molecular flexibility index (Phi) is 4.70. The summed E-state index contributed by atoms with van der Waals surface area (Å²) in [5.74, 6) is 0.283. The van der Waals surface area contributed by atoms with Crippen LogP contribution in [0.3, 0.4) is 0 Å². The Bertz CT molecular complexity index is 895. The highest BCUT2D eigenvalue weighted by Crippen LogP contribution is 2.21. The van der Waals surface area contributed by atoms with Gasteiger partial charge in [-0.1, -0.05) is 48.0 Å². The number of nitrogens with zero attached hydrogens (tertiary/aromatic N) is 5. The van der Waals surface area contributed by atoms with Crippen molar-refractivity contribution in [1.29, 1.82) is 0 Å². The standard InChI is InChI=1S/C19H19N5O/c1-14-9-11-15(12-10-14)18(25)17(13-23(2)3)19-20-21-22-24(19)16-7-5-4-6-8-16/h4-13H,1-3H3. The fourth-order valence-electron chi connectivity index (χ4n) is 2.43. The lowest BCUT2D eigenvalue weighted by Crippen LogP contribution is -2.13. The molecule has 0 aliphatic carbocycles. The van der Waals surface area contributed by atoms with Crippen LogP contribution in [0.1, 0.15) is 21.7 Å². The van der Waals surface area contributed by atoms with Crippen molar-refractivity contribution in [3.63, 3.8) is 0 Å². The van der Waals surface area contributed by atoms with Crippen molar-refractivity contribution in [2.75, 3.05) is 14.1 Å². The zero-order chi connectivity index (χ0) is 17.8. The predicted molar refractivity (Wildman–Crippen MR) is 96.3 cm³/mol. The van der Waals surface area contributed by atoms with E-state index in [9.17, 15) is 4.79 Å². The number of allylic oxidation sites excluding steroid dienone is 1. The molecule has 0 atom stereocenters. The SMILES string of the molecule is Cc1ccc(C(=O)C(=CN(C)C)c2nnnn2-c2ccccc2)cc1. The van der Waals surface area contributed by atoms with E-state index in [1.54, 1.807) is 10.9 Å². The van der Waals surface area contributed by atoms with Crippen molar-refractivity contribution in [2.45, 2.75) is 6.92 Å². The van der Waals surface area contributed by atoms with Gasteiger partial charge in [0.15, 0.2) is 11.6 Å². The molecule has 1 heterocycles. The summed E-state index contributed by atoms with van der Waals surface area (Å²) < 4.78 is 1.57. The van der Waals surface area contributed by atoms with Crippen LogP contribution in [-0.2, 0) is 0 Å². The number of hydrogen-bond acceptors (Lipinski definition) is 5. The molecule has 3 aromatic rings. The van der Waals surface area contributed by atoms with E-state index in [0.29, 0.717) is 17.0 Å². The van der Waals surface area contributed by atoms with Crippen LogP contribution < -0.4 is 0 Å². The first-order valence-electron chi connectivity index (χ1n) is 7.90. The van der Waals surface area contributed by atoms with E-state index in [2.05, 4.69) is 15.5 Å². The molecule has 2 aromatic carbocycles. The van der Waals surface area contributed by atoms with E-state index >= 15 is 0 Å². The Labute approximate surface area is 146 Å². The summed E-state index contributed by atoms with van der Waals surface area (Å²) in [5, 5.41) is 11.9. The van der Waals surface area contributed by atoms with Gasteiger partial charge >= 0.3 is 0 Å². The van der Waals surface area contributed by atoms with Gasteiger partial charge in [0.05, 0.1) is 11.3 Å². The molecule has 0 unspecified atom stereocenters. The Morgan fingerprint density at radius 2 is 1.72 bits per heavy atom. The van der Waals surface area contributed by atoms with Gasteiger partial charge in [-0.25, -0.2) is 0 Å². The van der Waals surface area contributed by atoms with Crippen molar-refractivity contribution >= 4 is 11.4 Å². The van der Waals surface area contributed by atoms with E-state index in [1.807, 2.05) is 80.5 Å². The fourth-order valence-corrected chi connectivity index (χ4v) is 2.43. The molecule has 0 saturated heterocycles. The molecule has 0 bridgehead atoms. The number of ketones is 1. The second-order valence-electron chi connectivity index (χ2n) is 5.95. The average molecular weight is 333 g/mol. The van der Waals surface area contributed by atoms with Crippen LogP contribution in [0.15, 0.2) is 60.8 Å². The van der Waals surface area contributed by atoms with Crippen molar-refractivity contribution < 1.29 is 4.79 Å². The van der Waals surface area contributed by atoms with Gasteiger partial charge in [0.1, 0.15) is 0 Å². The monoisotopic (exact) mass is 333 g/mol. The zero-order valence-corrected chi connectivity index (χ0v) is 14.4. The molecule has 6 nitrogen and oxygen atoms in total. The van der Waals surface area contributed by atoms with Gasteiger partial charge < -0.3 is 4.90 Å². The maximum absolute atomic E-state index is 13.1. The molecule has 0 radical (unpaired) electrons. The van der Waals surface area contributed by atoms with Crippen LogP contribution in [0.4, 0.5) is 0 Å². The molecule has 3 rings (SSSR count). The number of carbonyl (C=O) groups excluding carboxylic acids is 1. The van der Waals surface area contributed by atoms with Crippen LogP contribution in [0, 0.1) is 6.92 Å². The number of aryl methyl sites for hydroxylation is 1. The lowest BCUT2D eigenvalue weighted by molar-refractivity contribution is 0.105. The third-order valence-electron chi connectivity index (χ3n) is 3.66. The summed E-state index contributed by atoms with van der Waals surface area (Å²) in [6.07, 6.45) is 1.74. The molecule has 1 aromatic heterocycles. The maximum atomic E-state index is 13.1. The Balaban J connectivity index is 2.08. The highest BCUT2D eigenvalue weighted by molar-refractivity contribution is 6.28. The molecular formula is C19H19N5O. The smallest absolute Gasteiger partial charge is 0.198 e. The van der Waals surface area contributed by atoms with E-state index < -0.39 is 0 Å². The second kappa shape index (κ2) is 7.09. The van der Waals surface area contributed by atoms with Gasteiger partial charge in [-0.05, 0) is 29.5 Å². The minimum atomic E-state index is -0.124. The molecule has 0 aliphatic heterocycles. The van der Waals surface area contributed by atoms with E-state index in [4.69, 9.17) is 0 Å². The van der Waals surface area contributed by atoms with E-state index in [0.717, 1.165) is 11.3 Å². The lowest BCUT2D eigenvalue weighted by Gasteiger charge is -2.12. The number of carbonyl (C=O) groups is 1. The van der Waals surface area contributed by atoms with E-state index in [1.165, 1.54) is 0 Å². The van der Waals surface area contributed by atoms with E-state index in [-0.39, 0.29) is 5.78 Å². The summed E-state index contributed by atoms with van der Waals surface area (Å²) in [7, 11) is 3.72. The minimum absolute atomic E-state index is 0.124. The average Bonchev–Trinajstić information content (AvgIpc) is 3.10. The van der Waals surface area contributed by atoms with Crippen LogP contribution in [0.2, 0.25) is 0 Å². The molecule has 0 N–H and O–H groups in total. The van der Waals surface area contributed by atoms with Gasteiger partial charge in [0.2, 0.25) is 0 Å². The Morgan fingerprint density at radius 1 is 1.04 bits per heavy atom. The first kappa shape index (κ1) is 16.6. The maximum Gasteiger partial charge on any atom is 0.198 e. The third kappa shape index (κ3) is 3.63. The second-order valence-corrected chi connectivity index (χ2v) is 5.95. The Hall–Kier alpha value is -3.28. The molecule has 0 saturated carbocycles. The normalized spacial score (nSPS) is 11.4. The molecule has 0 fully saturated rings. The van der Waals surface area contributed by atoms with Crippen LogP contribution in [0.5, 0.6) is 0 Å². The Morgan fingerprint density at radius 3 is 2.36 bits per heavy atom. The number of para-hydroxylation sites is 1. The number of rotatable bonds is 5. The number of tetrazole rings is 1. The zero-order valence-electron chi connectivity index (χ0n) is 14.4. The van der Waals surface area contributed by atoms with Crippen LogP contribution >= 0.6 is 0 Å². The molecule has 0 aliphatic rings. The first-order valence-corrected chi connectivity index (χ1v) is 7.90. The number of hydrogen-bond donors (Lipinski definition) is 0. The molecule has 6 heteroatoms. The topological polar surface area (TPSA) is 63.9 Å². The quantitative estimate of drug-likeness (QED) is 0.531. The highest BCUT2D eigenvalue weighted by Gasteiger charge is 2.21. The summed E-state index contributed by atoms with van der Waals surface area (Å²) in [5.41, 5.74) is 2.93. The summed E-state index contributed by atoms with van der Waals surface area (Å²) in [6.45, 7) is 1.99. The number of Topliss-reactive ketones (excluding diaryl/α,β-unsaturated/α-hetero) is 1. The van der Waals surface area contributed by atoms with Gasteiger partial charge in [0.25, 0.3) is 0 Å². The fraction of sp³-hybridized carbons (Fsp3) is 0.158. The van der Waals surface area contributed by atoms with Crippen LogP contribution in [0.25, 0.3) is 11.3 Å². The molecule has 0 spiro atoms. The van der Waals surface area contributed by atoms with Gasteiger partial charge in [0, 0.05) is 25.9 Å². The van der Waals surface area contributed by atoms with Gasteiger partial charge in [-0.2, -0.15) is 4.68 Å². The number of benzene rings is 2. The predicted octanol–water partition coefficient (Wildman–Crippen LogP) is 2.76. The third-order valence-corrected chi connectivity index (χ3v) is 3.66. The molecular weight excluding hydrogens is 314 g/mol. The molecule has 0 amide bonds. The van der Waals surface area contributed by atoms with Gasteiger partial charge in [-0.15, -0.1) is 5.10 Å². The van der Waals surface area contributed by atoms with Crippen molar-refractivity contribution in [1.82, 2.24) is 25.1 Å². The first-order chi connectivity index (χ1) is 12.1. The van der Waals surface area contributed by atoms with Crippen molar-refractivity contribution in [3.05, 3.63) is 77.7 Å². The van der Waals surface area contributed by atoms with Crippen molar-refractivity contribution in [3.8, 4) is 5.69 Å². The van der Waals surface area contributed by atoms with Crippen molar-refractivity contribution in [2.24, 2.45) is 0 Å². The minimum Gasteiger partial charge on any atom is -0.383 e.